The van der Waals surface area contributed by atoms with Crippen molar-refractivity contribution >= 4 is 43.0 Å². The normalized spacial score (nSPS) is 11.1. The average Bonchev–Trinajstić information content (AvgIpc) is 2.41. The van der Waals surface area contributed by atoms with Crippen LogP contribution in [0.2, 0.25) is 0 Å². The van der Waals surface area contributed by atoms with Gasteiger partial charge in [-0.05, 0) is 30.3 Å². The highest BCUT2D eigenvalue weighted by Crippen LogP contribution is 2.24. The van der Waals surface area contributed by atoms with Crippen LogP contribution in [0.25, 0.3) is 0 Å². The van der Waals surface area contributed by atoms with Crippen LogP contribution >= 0.6 is 15.9 Å². The molecule has 2 aromatic carbocycles. The van der Waals surface area contributed by atoms with Gasteiger partial charge in [-0.25, -0.2) is 8.42 Å². The molecule has 0 fully saturated rings. The highest BCUT2D eigenvalue weighted by molar-refractivity contribution is 9.10. The van der Waals surface area contributed by atoms with E-state index in [1.807, 2.05) is 0 Å². The second-order valence-electron chi connectivity index (χ2n) is 4.36. The molecule has 0 aromatic heterocycles. The third-order valence-electron chi connectivity index (χ3n) is 2.69. The lowest BCUT2D eigenvalue weighted by atomic mass is 10.3. The summed E-state index contributed by atoms with van der Waals surface area (Å²) < 4.78 is 25.1. The van der Waals surface area contributed by atoms with Crippen molar-refractivity contribution in [2.75, 3.05) is 16.8 Å². The van der Waals surface area contributed by atoms with Gasteiger partial charge in [0.2, 0.25) is 5.91 Å². The number of benzene rings is 2. The van der Waals surface area contributed by atoms with E-state index in [0.717, 1.165) is 0 Å². The van der Waals surface area contributed by atoms with Gasteiger partial charge < -0.3 is 11.1 Å². The molecular weight excluding hydrogens is 356 g/mol. The van der Waals surface area contributed by atoms with E-state index < -0.39 is 21.5 Å². The van der Waals surface area contributed by atoms with Gasteiger partial charge in [-0.3, -0.25) is 4.79 Å². The number of halogens is 1. The van der Waals surface area contributed by atoms with Crippen LogP contribution in [0.1, 0.15) is 0 Å². The quantitative estimate of drug-likeness (QED) is 0.811. The molecule has 0 saturated carbocycles. The zero-order valence-corrected chi connectivity index (χ0v) is 13.3. The maximum absolute atomic E-state index is 12.2. The Morgan fingerprint density at radius 1 is 1.14 bits per heavy atom. The highest BCUT2D eigenvalue weighted by Gasteiger charge is 2.22. The van der Waals surface area contributed by atoms with E-state index in [1.165, 1.54) is 12.1 Å². The Kier molecular flexibility index (Phi) is 4.64. The first-order chi connectivity index (χ1) is 9.88. The van der Waals surface area contributed by atoms with E-state index >= 15 is 0 Å². The fraction of sp³-hybridized carbons (Fsp3) is 0.0714. The van der Waals surface area contributed by atoms with Gasteiger partial charge in [0.05, 0.1) is 10.6 Å². The molecule has 1 amide bonds. The summed E-state index contributed by atoms with van der Waals surface area (Å²) in [4.78, 5) is 11.8. The molecule has 2 rings (SSSR count). The summed E-state index contributed by atoms with van der Waals surface area (Å²) in [7, 11) is -3.80. The number of nitrogens with two attached hydrogens (primary N) is 1. The van der Waals surface area contributed by atoms with Crippen molar-refractivity contribution < 1.29 is 13.2 Å². The van der Waals surface area contributed by atoms with Crippen molar-refractivity contribution in [1.29, 1.82) is 0 Å². The summed E-state index contributed by atoms with van der Waals surface area (Å²) in [5.41, 5.74) is 6.33. The second kappa shape index (κ2) is 6.28. The number of amides is 1. The van der Waals surface area contributed by atoms with E-state index in [1.54, 1.807) is 36.4 Å². The smallest absolute Gasteiger partial charge is 0.239 e. The molecule has 0 aliphatic rings. The summed E-state index contributed by atoms with van der Waals surface area (Å²) in [5, 5.41) is 2.53. The molecule has 110 valence electrons. The molecule has 2 aromatic rings. The first kappa shape index (κ1) is 15.5. The van der Waals surface area contributed by atoms with E-state index in [2.05, 4.69) is 21.2 Å². The fourth-order valence-electron chi connectivity index (χ4n) is 1.75. The number of hydrogen-bond acceptors (Lipinski definition) is 4. The maximum Gasteiger partial charge on any atom is 0.239 e. The van der Waals surface area contributed by atoms with Gasteiger partial charge >= 0.3 is 0 Å². The molecule has 5 nitrogen and oxygen atoms in total. The first-order valence-corrected chi connectivity index (χ1v) is 8.46. The number of para-hydroxylation sites is 1. The molecular formula is C14H13BrN2O3S. The van der Waals surface area contributed by atoms with Gasteiger partial charge in [0, 0.05) is 10.2 Å². The molecule has 0 saturated heterocycles. The largest absolute Gasteiger partial charge is 0.398 e. The van der Waals surface area contributed by atoms with Crippen LogP contribution in [-0.4, -0.2) is 20.1 Å². The van der Waals surface area contributed by atoms with Gasteiger partial charge in [0.1, 0.15) is 5.75 Å². The fourth-order valence-corrected chi connectivity index (χ4v) is 3.57. The second-order valence-corrected chi connectivity index (χ2v) is 7.23. The third-order valence-corrected chi connectivity index (χ3v) is 4.85. The van der Waals surface area contributed by atoms with Crippen LogP contribution < -0.4 is 11.1 Å². The Morgan fingerprint density at radius 2 is 1.81 bits per heavy atom. The monoisotopic (exact) mass is 368 g/mol. The SMILES string of the molecule is Nc1ccc(Br)cc1S(=O)(=O)CC(=O)Nc1ccccc1. The third kappa shape index (κ3) is 4.05. The minimum atomic E-state index is -3.80. The molecule has 0 atom stereocenters. The van der Waals surface area contributed by atoms with Crippen LogP contribution in [0.15, 0.2) is 57.9 Å². The lowest BCUT2D eigenvalue weighted by molar-refractivity contribution is -0.113. The molecule has 0 heterocycles. The summed E-state index contributed by atoms with van der Waals surface area (Å²) in [6, 6.07) is 13.2. The van der Waals surface area contributed by atoms with Crippen LogP contribution in [0.3, 0.4) is 0 Å². The number of carbonyl (C=O) groups is 1. The van der Waals surface area contributed by atoms with Crippen molar-refractivity contribution in [3.05, 3.63) is 53.0 Å². The predicted octanol–water partition coefficient (Wildman–Crippen LogP) is 2.44. The van der Waals surface area contributed by atoms with Crippen molar-refractivity contribution in [2.24, 2.45) is 0 Å². The van der Waals surface area contributed by atoms with Gasteiger partial charge in [-0.2, -0.15) is 0 Å². The Balaban J connectivity index is 2.18. The molecule has 21 heavy (non-hydrogen) atoms. The number of carbonyl (C=O) groups excluding carboxylic acids is 1. The number of hydrogen-bond donors (Lipinski definition) is 2. The molecule has 0 unspecified atom stereocenters. The van der Waals surface area contributed by atoms with Crippen molar-refractivity contribution in [2.45, 2.75) is 4.90 Å². The van der Waals surface area contributed by atoms with Crippen molar-refractivity contribution in [3.8, 4) is 0 Å². The molecule has 0 bridgehead atoms. The standard InChI is InChI=1S/C14H13BrN2O3S/c15-10-6-7-12(16)13(8-10)21(19,20)9-14(18)17-11-4-2-1-3-5-11/h1-8H,9,16H2,(H,17,18). The summed E-state index contributed by atoms with van der Waals surface area (Å²) in [6.07, 6.45) is 0. The molecule has 0 aliphatic heterocycles. The minimum Gasteiger partial charge on any atom is -0.398 e. The van der Waals surface area contributed by atoms with Gasteiger partial charge in [-0.15, -0.1) is 0 Å². The predicted molar refractivity (Wildman–Crippen MR) is 85.7 cm³/mol. The average molecular weight is 369 g/mol. The van der Waals surface area contributed by atoms with E-state index in [4.69, 9.17) is 5.73 Å². The zero-order chi connectivity index (χ0) is 15.5. The number of sulfone groups is 1. The Labute approximate surface area is 131 Å². The summed E-state index contributed by atoms with van der Waals surface area (Å²) in [6.45, 7) is 0. The minimum absolute atomic E-state index is 0.0555. The molecule has 7 heteroatoms. The van der Waals surface area contributed by atoms with Crippen molar-refractivity contribution in [1.82, 2.24) is 0 Å². The number of nitrogens with one attached hydrogen (secondary N) is 1. The molecule has 0 radical (unpaired) electrons. The van der Waals surface area contributed by atoms with Crippen LogP contribution in [0.4, 0.5) is 11.4 Å². The Hall–Kier alpha value is -1.86. The lowest BCUT2D eigenvalue weighted by Crippen LogP contribution is -2.23. The molecule has 3 N–H and O–H groups in total. The first-order valence-electron chi connectivity index (χ1n) is 6.01. The maximum atomic E-state index is 12.2. The van der Waals surface area contributed by atoms with Gasteiger partial charge in [-0.1, -0.05) is 34.1 Å². The Bertz CT molecular complexity index is 761. The zero-order valence-electron chi connectivity index (χ0n) is 10.9. The number of nitrogen functional groups attached to an aromatic ring is 1. The van der Waals surface area contributed by atoms with Crippen molar-refractivity contribution in [3.63, 3.8) is 0 Å². The van der Waals surface area contributed by atoms with Gasteiger partial charge in [0.25, 0.3) is 0 Å². The number of anilines is 2. The van der Waals surface area contributed by atoms with Gasteiger partial charge in [0.15, 0.2) is 9.84 Å². The van der Waals surface area contributed by atoms with Crippen LogP contribution in [0.5, 0.6) is 0 Å². The summed E-state index contributed by atoms with van der Waals surface area (Å²) >= 11 is 3.19. The molecule has 0 spiro atoms. The van der Waals surface area contributed by atoms with Crippen LogP contribution in [0, 0.1) is 0 Å². The highest BCUT2D eigenvalue weighted by atomic mass is 79.9. The van der Waals surface area contributed by atoms with E-state index in [0.29, 0.717) is 10.2 Å². The molecule has 0 aliphatic carbocycles. The lowest BCUT2D eigenvalue weighted by Gasteiger charge is -2.09. The Morgan fingerprint density at radius 3 is 2.48 bits per heavy atom. The van der Waals surface area contributed by atoms with E-state index in [-0.39, 0.29) is 10.6 Å². The topological polar surface area (TPSA) is 89.3 Å². The number of rotatable bonds is 4. The van der Waals surface area contributed by atoms with Crippen LogP contribution in [-0.2, 0) is 14.6 Å². The summed E-state index contributed by atoms with van der Waals surface area (Å²) in [5.74, 6) is -1.27. The van der Waals surface area contributed by atoms with E-state index in [9.17, 15) is 13.2 Å².